The number of nitrogens with zero attached hydrogens (tertiary/aromatic N) is 3. The monoisotopic (exact) mass is 397 g/mol. The molecule has 1 saturated heterocycles. The molecule has 3 aromatic rings. The lowest BCUT2D eigenvalue weighted by Crippen LogP contribution is -2.45. The van der Waals surface area contributed by atoms with Crippen LogP contribution < -0.4 is 10.2 Å². The van der Waals surface area contributed by atoms with Gasteiger partial charge in [0, 0.05) is 66.1 Å². The minimum Gasteiger partial charge on any atom is -0.358 e. The number of piperazine rings is 1. The van der Waals surface area contributed by atoms with Crippen LogP contribution in [0.25, 0.3) is 10.9 Å². The molecule has 1 fully saturated rings. The summed E-state index contributed by atoms with van der Waals surface area (Å²) in [6.45, 7) is 6.24. The van der Waals surface area contributed by atoms with Gasteiger partial charge in [0.25, 0.3) is 5.91 Å². The summed E-state index contributed by atoms with van der Waals surface area (Å²) in [4.78, 5) is 25.4. The molecule has 28 heavy (non-hydrogen) atoms. The number of carbonyl (C=O) groups is 1. The zero-order chi connectivity index (χ0) is 19.7. The van der Waals surface area contributed by atoms with E-state index in [1.807, 2.05) is 43.5 Å². The van der Waals surface area contributed by atoms with Crippen LogP contribution in [0.1, 0.15) is 21.6 Å². The Morgan fingerprint density at radius 1 is 1.25 bits per heavy atom. The van der Waals surface area contributed by atoms with Gasteiger partial charge in [-0.3, -0.25) is 4.79 Å². The molecule has 0 aliphatic carbocycles. The van der Waals surface area contributed by atoms with Gasteiger partial charge >= 0.3 is 0 Å². The zero-order valence-corrected chi connectivity index (χ0v) is 16.9. The number of hydrogen-bond acceptors (Lipinski definition) is 4. The summed E-state index contributed by atoms with van der Waals surface area (Å²) in [6, 6.07) is 9.49. The number of aromatic amines is 1. The zero-order valence-electron chi connectivity index (χ0n) is 16.1. The molecule has 2 N–H and O–H groups in total. The van der Waals surface area contributed by atoms with Gasteiger partial charge in [-0.25, -0.2) is 4.98 Å². The van der Waals surface area contributed by atoms with E-state index in [1.54, 1.807) is 0 Å². The summed E-state index contributed by atoms with van der Waals surface area (Å²) in [6.07, 6.45) is 1.81. The van der Waals surface area contributed by atoms with Crippen LogP contribution in [-0.2, 0) is 6.54 Å². The molecule has 1 aromatic carbocycles. The van der Waals surface area contributed by atoms with E-state index < -0.39 is 0 Å². The molecule has 1 aliphatic rings. The summed E-state index contributed by atoms with van der Waals surface area (Å²) in [5.74, 6) is 0.841. The number of pyridine rings is 1. The fourth-order valence-corrected chi connectivity index (χ4v) is 3.90. The fraction of sp³-hybridized carbons (Fsp3) is 0.333. The van der Waals surface area contributed by atoms with Crippen molar-refractivity contribution >= 4 is 34.2 Å². The number of anilines is 1. The molecular formula is C21H24ClN5O. The van der Waals surface area contributed by atoms with Crippen LogP contribution in [0.5, 0.6) is 0 Å². The van der Waals surface area contributed by atoms with Crippen LogP contribution in [0.2, 0.25) is 5.02 Å². The predicted octanol–water partition coefficient (Wildman–Crippen LogP) is 3.21. The van der Waals surface area contributed by atoms with Gasteiger partial charge < -0.3 is 20.1 Å². The van der Waals surface area contributed by atoms with Gasteiger partial charge in [-0.1, -0.05) is 17.7 Å². The molecular weight excluding hydrogens is 374 g/mol. The molecule has 0 radical (unpaired) electrons. The molecule has 7 heteroatoms. The number of amides is 1. The highest BCUT2D eigenvalue weighted by Crippen LogP contribution is 2.26. The number of rotatable bonds is 4. The van der Waals surface area contributed by atoms with Crippen molar-refractivity contribution in [3.05, 3.63) is 58.4 Å². The van der Waals surface area contributed by atoms with Crippen molar-refractivity contribution in [3.8, 4) is 0 Å². The van der Waals surface area contributed by atoms with Crippen molar-refractivity contribution in [2.45, 2.75) is 13.5 Å². The number of halogens is 1. The van der Waals surface area contributed by atoms with Gasteiger partial charge in [-0.2, -0.15) is 0 Å². The molecule has 3 heterocycles. The summed E-state index contributed by atoms with van der Waals surface area (Å²) >= 11 is 6.13. The Bertz CT molecular complexity index is 1010. The quantitative estimate of drug-likeness (QED) is 0.709. The van der Waals surface area contributed by atoms with Crippen molar-refractivity contribution in [3.63, 3.8) is 0 Å². The maximum absolute atomic E-state index is 12.9. The number of likely N-dealkylation sites (N-methyl/N-ethyl adjacent to an activating group) is 1. The number of aryl methyl sites for hydroxylation is 1. The first-order valence-electron chi connectivity index (χ1n) is 9.46. The molecule has 0 spiro atoms. The normalized spacial score (nSPS) is 15.2. The van der Waals surface area contributed by atoms with Gasteiger partial charge in [0.15, 0.2) is 0 Å². The van der Waals surface area contributed by atoms with Crippen molar-refractivity contribution in [1.29, 1.82) is 0 Å². The Kier molecular flexibility index (Phi) is 5.24. The molecule has 1 amide bonds. The molecule has 2 aromatic heterocycles. The van der Waals surface area contributed by atoms with Gasteiger partial charge in [0.05, 0.1) is 5.56 Å². The third kappa shape index (κ3) is 3.70. The first kappa shape index (κ1) is 18.8. The summed E-state index contributed by atoms with van der Waals surface area (Å²) in [7, 11) is 2.13. The highest BCUT2D eigenvalue weighted by atomic mass is 35.5. The van der Waals surface area contributed by atoms with E-state index >= 15 is 0 Å². The molecule has 0 atom stereocenters. The van der Waals surface area contributed by atoms with Crippen LogP contribution in [0.15, 0.2) is 36.5 Å². The third-order valence-corrected chi connectivity index (χ3v) is 5.52. The molecule has 4 rings (SSSR count). The average molecular weight is 398 g/mol. The van der Waals surface area contributed by atoms with Gasteiger partial charge in [0.2, 0.25) is 0 Å². The topological polar surface area (TPSA) is 64.3 Å². The van der Waals surface area contributed by atoms with Crippen LogP contribution in [0.4, 0.5) is 5.82 Å². The molecule has 0 unspecified atom stereocenters. The van der Waals surface area contributed by atoms with E-state index in [1.165, 1.54) is 0 Å². The van der Waals surface area contributed by atoms with E-state index in [4.69, 9.17) is 11.6 Å². The van der Waals surface area contributed by atoms with Gasteiger partial charge in [-0.15, -0.1) is 0 Å². The first-order valence-corrected chi connectivity index (χ1v) is 9.84. The highest BCUT2D eigenvalue weighted by molar-refractivity contribution is 6.31. The summed E-state index contributed by atoms with van der Waals surface area (Å²) < 4.78 is 0. The Morgan fingerprint density at radius 2 is 2.04 bits per heavy atom. The Morgan fingerprint density at radius 3 is 2.82 bits per heavy atom. The van der Waals surface area contributed by atoms with E-state index in [0.717, 1.165) is 54.2 Å². The van der Waals surface area contributed by atoms with Crippen LogP contribution in [0.3, 0.4) is 0 Å². The Labute approximate surface area is 169 Å². The van der Waals surface area contributed by atoms with E-state index in [-0.39, 0.29) is 5.91 Å². The lowest BCUT2D eigenvalue weighted by Gasteiger charge is -2.34. The van der Waals surface area contributed by atoms with Crippen LogP contribution >= 0.6 is 11.6 Å². The van der Waals surface area contributed by atoms with E-state index in [2.05, 4.69) is 32.1 Å². The minimum atomic E-state index is -0.112. The maximum Gasteiger partial charge on any atom is 0.253 e. The standard InChI is InChI=1S/C21H24ClN5O/c1-14-19(17-12-16(22)5-6-18(17)25-14)21(28)24-13-15-4-3-7-23-20(15)27-10-8-26(2)9-11-27/h3-7,12,25H,8-11,13H2,1-2H3,(H,24,28). The second kappa shape index (κ2) is 7.81. The first-order chi connectivity index (χ1) is 13.5. The number of carbonyl (C=O) groups excluding carboxylic acids is 1. The van der Waals surface area contributed by atoms with E-state index in [9.17, 15) is 4.79 Å². The van der Waals surface area contributed by atoms with Crippen molar-refractivity contribution in [2.75, 3.05) is 38.1 Å². The van der Waals surface area contributed by atoms with Crippen LogP contribution in [0, 0.1) is 6.92 Å². The summed E-state index contributed by atoms with van der Waals surface area (Å²) in [5.41, 5.74) is 3.41. The predicted molar refractivity (Wildman–Crippen MR) is 113 cm³/mol. The van der Waals surface area contributed by atoms with Crippen molar-refractivity contribution in [1.82, 2.24) is 20.2 Å². The molecule has 146 valence electrons. The van der Waals surface area contributed by atoms with Gasteiger partial charge in [0.1, 0.15) is 5.82 Å². The number of benzene rings is 1. The third-order valence-electron chi connectivity index (χ3n) is 5.28. The lowest BCUT2D eigenvalue weighted by atomic mass is 10.1. The number of aromatic nitrogens is 2. The smallest absolute Gasteiger partial charge is 0.253 e. The fourth-order valence-electron chi connectivity index (χ4n) is 3.73. The molecule has 0 saturated carbocycles. The van der Waals surface area contributed by atoms with Crippen molar-refractivity contribution < 1.29 is 4.79 Å². The second-order valence-electron chi connectivity index (χ2n) is 7.27. The SMILES string of the molecule is Cc1[nH]c2ccc(Cl)cc2c1C(=O)NCc1cccnc1N1CCN(C)CC1. The Balaban J connectivity index is 1.53. The van der Waals surface area contributed by atoms with Crippen LogP contribution in [-0.4, -0.2) is 54.0 Å². The minimum absolute atomic E-state index is 0.112. The number of nitrogens with one attached hydrogen (secondary N) is 2. The highest BCUT2D eigenvalue weighted by Gasteiger charge is 2.20. The van der Waals surface area contributed by atoms with Gasteiger partial charge in [-0.05, 0) is 38.2 Å². The summed E-state index contributed by atoms with van der Waals surface area (Å²) in [5, 5.41) is 4.52. The Hall–Kier alpha value is -2.57. The maximum atomic E-state index is 12.9. The molecule has 0 bridgehead atoms. The average Bonchev–Trinajstić information content (AvgIpc) is 3.02. The van der Waals surface area contributed by atoms with Crippen molar-refractivity contribution in [2.24, 2.45) is 0 Å². The second-order valence-corrected chi connectivity index (χ2v) is 7.71. The largest absolute Gasteiger partial charge is 0.358 e. The lowest BCUT2D eigenvalue weighted by molar-refractivity contribution is 0.0952. The number of hydrogen-bond donors (Lipinski definition) is 2. The number of H-pyrrole nitrogens is 1. The van der Waals surface area contributed by atoms with E-state index in [0.29, 0.717) is 17.1 Å². The number of fused-ring (bicyclic) bond motifs is 1. The molecule has 6 nitrogen and oxygen atoms in total. The molecule has 1 aliphatic heterocycles.